The first-order chi connectivity index (χ1) is 10.7. The van der Waals surface area contributed by atoms with Gasteiger partial charge in [-0.25, -0.2) is 4.79 Å². The fraction of sp³-hybridized carbons (Fsp3) is 0.615. The summed E-state index contributed by atoms with van der Waals surface area (Å²) in [7, 11) is -8.84. The molecule has 134 valence electrons. The zero-order valence-corrected chi connectivity index (χ0v) is 15.1. The summed E-state index contributed by atoms with van der Waals surface area (Å²) >= 11 is 0. The molecule has 0 aliphatic rings. The Bertz CT molecular complexity index is 612. The van der Waals surface area contributed by atoms with E-state index in [4.69, 9.17) is 0 Å². The lowest BCUT2D eigenvalue weighted by Gasteiger charge is -2.25. The molecule has 0 bridgehead atoms. The summed E-state index contributed by atoms with van der Waals surface area (Å²) in [5.74, 6) is 0. The number of rotatable bonds is 11. The first-order valence-electron chi connectivity index (χ1n) is 7.03. The number of hydrogen-bond donors (Lipinski definition) is 0. The average molecular weight is 368 g/mol. The third-order valence-electron chi connectivity index (χ3n) is 2.87. The predicted molar refractivity (Wildman–Crippen MR) is 88.4 cm³/mol. The number of nitrogens with zero attached hydrogens (tertiary/aromatic N) is 2. The van der Waals surface area contributed by atoms with Crippen LogP contribution in [0, 0.1) is 0 Å². The molecule has 0 atom stereocenters. The summed E-state index contributed by atoms with van der Waals surface area (Å²) in [6.45, 7) is 8.02. The molecule has 0 saturated carbocycles. The standard InChI is InChI=1S/C13H24N2O6S2/c1-5-8-9-12-14(10-6-2)22(17,18)23(19,20)15(11-7-3)13(16)21-4/h6-7H,2-3,5,8-12H2,1,4H3. The van der Waals surface area contributed by atoms with Crippen LogP contribution in [0.25, 0.3) is 0 Å². The van der Waals surface area contributed by atoms with Gasteiger partial charge in [-0.2, -0.15) is 25.4 Å². The average Bonchev–Trinajstić information content (AvgIpc) is 2.50. The Morgan fingerprint density at radius 3 is 2.04 bits per heavy atom. The molecule has 8 nitrogen and oxygen atoms in total. The van der Waals surface area contributed by atoms with E-state index in [1.165, 1.54) is 6.08 Å². The maximum atomic E-state index is 12.5. The number of ether oxygens (including phenoxy) is 1. The van der Waals surface area contributed by atoms with Gasteiger partial charge in [0.25, 0.3) is 0 Å². The molecular formula is C13H24N2O6S2. The van der Waals surface area contributed by atoms with E-state index in [0.29, 0.717) is 6.42 Å². The third-order valence-corrected chi connectivity index (χ3v) is 7.97. The second-order valence-corrected chi connectivity index (χ2v) is 9.75. The van der Waals surface area contributed by atoms with E-state index >= 15 is 0 Å². The van der Waals surface area contributed by atoms with Gasteiger partial charge >= 0.3 is 24.2 Å². The number of methoxy groups -OCH3 is 1. The van der Waals surface area contributed by atoms with E-state index in [-0.39, 0.29) is 17.4 Å². The molecule has 0 rings (SSSR count). The van der Waals surface area contributed by atoms with Crippen molar-refractivity contribution in [2.24, 2.45) is 0 Å². The summed E-state index contributed by atoms with van der Waals surface area (Å²) in [5, 5.41) is 0. The van der Waals surface area contributed by atoms with Gasteiger partial charge in [-0.3, -0.25) is 0 Å². The number of hydrogen-bond acceptors (Lipinski definition) is 6. The summed E-state index contributed by atoms with van der Waals surface area (Å²) < 4.78 is 55.0. The smallest absolute Gasteiger partial charge is 0.424 e. The number of unbranched alkanes of at least 4 members (excludes halogenated alkanes) is 2. The van der Waals surface area contributed by atoms with Crippen molar-refractivity contribution in [3.8, 4) is 0 Å². The molecular weight excluding hydrogens is 344 g/mol. The molecule has 0 spiro atoms. The predicted octanol–water partition coefficient (Wildman–Crippen LogP) is 1.49. The normalized spacial score (nSPS) is 12.0. The van der Waals surface area contributed by atoms with Crippen molar-refractivity contribution in [3.63, 3.8) is 0 Å². The molecule has 23 heavy (non-hydrogen) atoms. The highest BCUT2D eigenvalue weighted by Crippen LogP contribution is 2.18. The Morgan fingerprint density at radius 2 is 1.61 bits per heavy atom. The van der Waals surface area contributed by atoms with Crippen LogP contribution in [0.1, 0.15) is 26.2 Å². The number of carbonyl (C=O) groups excluding carboxylic acids is 1. The lowest BCUT2D eigenvalue weighted by Crippen LogP contribution is -2.47. The Hall–Kier alpha value is -1.39. The van der Waals surface area contributed by atoms with E-state index in [1.54, 1.807) is 0 Å². The minimum Gasteiger partial charge on any atom is -0.452 e. The van der Waals surface area contributed by atoms with E-state index in [0.717, 1.165) is 30.3 Å². The van der Waals surface area contributed by atoms with Gasteiger partial charge in [0.15, 0.2) is 0 Å². The quantitative estimate of drug-likeness (QED) is 0.311. The van der Waals surface area contributed by atoms with Gasteiger partial charge in [-0.1, -0.05) is 31.9 Å². The monoisotopic (exact) mass is 368 g/mol. The number of amides is 1. The molecule has 0 aliphatic heterocycles. The lowest BCUT2D eigenvalue weighted by atomic mass is 10.2. The van der Waals surface area contributed by atoms with Crippen LogP contribution in [0.5, 0.6) is 0 Å². The van der Waals surface area contributed by atoms with Crippen molar-refractivity contribution in [1.29, 1.82) is 0 Å². The molecule has 0 aliphatic carbocycles. The second-order valence-electron chi connectivity index (χ2n) is 4.56. The van der Waals surface area contributed by atoms with Crippen LogP contribution in [0.3, 0.4) is 0 Å². The van der Waals surface area contributed by atoms with Crippen LogP contribution >= 0.6 is 0 Å². The molecule has 0 radical (unpaired) electrons. The Labute approximate surface area is 137 Å². The van der Waals surface area contributed by atoms with Crippen LogP contribution < -0.4 is 0 Å². The minimum absolute atomic E-state index is 0.0184. The zero-order valence-electron chi connectivity index (χ0n) is 13.5. The molecule has 0 aromatic carbocycles. The van der Waals surface area contributed by atoms with Crippen molar-refractivity contribution in [2.45, 2.75) is 26.2 Å². The fourth-order valence-electron chi connectivity index (χ4n) is 1.70. The number of carbonyl (C=O) groups is 1. The van der Waals surface area contributed by atoms with Crippen molar-refractivity contribution in [3.05, 3.63) is 25.3 Å². The highest BCUT2D eigenvalue weighted by atomic mass is 33.2. The Morgan fingerprint density at radius 1 is 1.04 bits per heavy atom. The van der Waals surface area contributed by atoms with Gasteiger partial charge in [0.2, 0.25) is 0 Å². The van der Waals surface area contributed by atoms with Gasteiger partial charge < -0.3 is 4.74 Å². The fourth-order valence-corrected chi connectivity index (χ4v) is 5.63. The maximum absolute atomic E-state index is 12.5. The maximum Gasteiger partial charge on any atom is 0.424 e. The molecule has 0 fully saturated rings. The highest BCUT2D eigenvalue weighted by molar-refractivity contribution is 8.65. The van der Waals surface area contributed by atoms with Crippen LogP contribution in [0.2, 0.25) is 0 Å². The first kappa shape index (κ1) is 21.6. The van der Waals surface area contributed by atoms with E-state index < -0.39 is 30.7 Å². The summed E-state index contributed by atoms with van der Waals surface area (Å²) in [4.78, 5) is 11.6. The van der Waals surface area contributed by atoms with Crippen molar-refractivity contribution in [2.75, 3.05) is 26.7 Å². The molecule has 0 N–H and O–H groups in total. The minimum atomic E-state index is -4.99. The molecule has 1 amide bonds. The molecule has 0 unspecified atom stereocenters. The van der Waals surface area contributed by atoms with Crippen LogP contribution in [-0.4, -0.2) is 58.3 Å². The van der Waals surface area contributed by atoms with E-state index in [1.807, 2.05) is 6.92 Å². The van der Waals surface area contributed by atoms with Crippen molar-refractivity contribution in [1.82, 2.24) is 8.61 Å². The van der Waals surface area contributed by atoms with Gasteiger partial charge in [-0.05, 0) is 6.42 Å². The summed E-state index contributed by atoms with van der Waals surface area (Å²) in [6.07, 6.45) is 3.18. The Balaban J connectivity index is 5.72. The first-order valence-corrected chi connectivity index (χ1v) is 10.4. The lowest BCUT2D eigenvalue weighted by molar-refractivity contribution is 0.152. The van der Waals surface area contributed by atoms with Crippen LogP contribution in [0.4, 0.5) is 4.79 Å². The van der Waals surface area contributed by atoms with E-state index in [2.05, 4.69) is 17.9 Å². The van der Waals surface area contributed by atoms with Gasteiger partial charge in [0.1, 0.15) is 0 Å². The highest BCUT2D eigenvalue weighted by Gasteiger charge is 2.43. The molecule has 0 aromatic rings. The van der Waals surface area contributed by atoms with Gasteiger partial charge in [0.05, 0.1) is 13.7 Å². The third kappa shape index (κ3) is 5.33. The summed E-state index contributed by atoms with van der Waals surface area (Å²) in [5.41, 5.74) is 0. The van der Waals surface area contributed by atoms with Crippen LogP contribution in [0.15, 0.2) is 25.3 Å². The molecule has 10 heteroatoms. The van der Waals surface area contributed by atoms with E-state index in [9.17, 15) is 21.6 Å². The second kappa shape index (κ2) is 9.68. The van der Waals surface area contributed by atoms with Crippen molar-refractivity contribution >= 4 is 24.2 Å². The largest absolute Gasteiger partial charge is 0.452 e. The molecule has 0 heterocycles. The van der Waals surface area contributed by atoms with Gasteiger partial charge in [0, 0.05) is 13.1 Å². The topological polar surface area (TPSA) is 101 Å². The Kier molecular flexibility index (Phi) is 9.10. The van der Waals surface area contributed by atoms with Crippen LogP contribution in [-0.2, 0) is 22.8 Å². The van der Waals surface area contributed by atoms with Gasteiger partial charge in [-0.15, -0.1) is 13.2 Å². The summed E-state index contributed by atoms with van der Waals surface area (Å²) in [6, 6.07) is 0. The SMILES string of the molecule is C=CCN(CCCCC)S(=O)(=O)S(=O)(=O)N(CC=C)C(=O)OC. The molecule has 0 aromatic heterocycles. The zero-order chi connectivity index (χ0) is 18.1. The molecule has 0 saturated heterocycles. The van der Waals surface area contributed by atoms with Crippen molar-refractivity contribution < 1.29 is 26.4 Å².